The van der Waals surface area contributed by atoms with Gasteiger partial charge < -0.3 is 5.73 Å². The summed E-state index contributed by atoms with van der Waals surface area (Å²) >= 11 is 0. The van der Waals surface area contributed by atoms with Crippen LogP contribution in [0.3, 0.4) is 0 Å². The highest BCUT2D eigenvalue weighted by atomic mass is 15.4. The molecule has 2 aromatic rings. The Labute approximate surface area is 86.5 Å². The minimum Gasteiger partial charge on any atom is -0.382 e. The molecule has 6 nitrogen and oxygen atoms in total. The topological polar surface area (TPSA) is 85.4 Å². The molecule has 0 aromatic carbocycles. The monoisotopic (exact) mass is 202 g/mol. The van der Waals surface area contributed by atoms with Crippen LogP contribution in [0.5, 0.6) is 0 Å². The highest BCUT2D eigenvalue weighted by Crippen LogP contribution is 2.16. The van der Waals surface area contributed by atoms with Gasteiger partial charge >= 0.3 is 0 Å². The van der Waals surface area contributed by atoms with Crippen LogP contribution in [0.4, 0.5) is 5.82 Å². The molecular weight excluding hydrogens is 192 g/mol. The Morgan fingerprint density at radius 2 is 2.20 bits per heavy atom. The molecule has 0 saturated heterocycles. The minimum absolute atomic E-state index is 0.415. The van der Waals surface area contributed by atoms with Crippen LogP contribution in [-0.2, 0) is 7.05 Å². The van der Waals surface area contributed by atoms with Crippen LogP contribution >= 0.6 is 0 Å². The Balaban J connectivity index is 2.67. The van der Waals surface area contributed by atoms with Gasteiger partial charge in [-0.3, -0.25) is 0 Å². The number of aryl methyl sites for hydroxylation is 2. The molecule has 6 heteroatoms. The van der Waals surface area contributed by atoms with Crippen molar-refractivity contribution in [1.29, 1.82) is 5.26 Å². The lowest BCUT2D eigenvalue weighted by atomic mass is 10.3. The quantitative estimate of drug-likeness (QED) is 0.723. The molecule has 0 saturated carbocycles. The fourth-order valence-electron chi connectivity index (χ4n) is 1.50. The third kappa shape index (κ3) is 1.34. The summed E-state index contributed by atoms with van der Waals surface area (Å²) in [7, 11) is 1.76. The van der Waals surface area contributed by atoms with Crippen LogP contribution in [-0.4, -0.2) is 19.6 Å². The Morgan fingerprint density at radius 3 is 2.73 bits per heavy atom. The van der Waals surface area contributed by atoms with Gasteiger partial charge in [-0.1, -0.05) is 0 Å². The van der Waals surface area contributed by atoms with E-state index in [0.29, 0.717) is 22.9 Å². The maximum Gasteiger partial charge on any atom is 0.170 e. The van der Waals surface area contributed by atoms with Gasteiger partial charge in [0.15, 0.2) is 5.82 Å². The van der Waals surface area contributed by atoms with Crippen LogP contribution in [0.25, 0.3) is 5.82 Å². The van der Waals surface area contributed by atoms with E-state index in [9.17, 15) is 0 Å². The Hall–Kier alpha value is -2.29. The molecule has 0 aliphatic carbocycles. The molecule has 0 amide bonds. The lowest BCUT2D eigenvalue weighted by Gasteiger charge is -2.01. The molecule has 2 heterocycles. The lowest BCUT2D eigenvalue weighted by molar-refractivity contribution is 0.694. The second-order valence-corrected chi connectivity index (χ2v) is 3.20. The molecule has 2 rings (SSSR count). The van der Waals surface area contributed by atoms with Gasteiger partial charge in [-0.2, -0.15) is 10.4 Å². The van der Waals surface area contributed by atoms with Gasteiger partial charge in [0.05, 0.1) is 5.69 Å². The van der Waals surface area contributed by atoms with Crippen LogP contribution in [0.15, 0.2) is 12.3 Å². The summed E-state index contributed by atoms with van der Waals surface area (Å²) in [4.78, 5) is 0. The summed E-state index contributed by atoms with van der Waals surface area (Å²) in [6, 6.07) is 3.78. The number of rotatable bonds is 1. The van der Waals surface area contributed by atoms with Crippen molar-refractivity contribution in [2.75, 3.05) is 5.73 Å². The van der Waals surface area contributed by atoms with Crippen molar-refractivity contribution >= 4 is 5.82 Å². The highest BCUT2D eigenvalue weighted by Gasteiger charge is 2.14. The second-order valence-electron chi connectivity index (χ2n) is 3.20. The average Bonchev–Trinajstić information content (AvgIpc) is 2.70. The summed E-state index contributed by atoms with van der Waals surface area (Å²) in [6.45, 7) is 1.79. The molecule has 0 aliphatic rings. The van der Waals surface area contributed by atoms with Crippen LogP contribution in [0.2, 0.25) is 0 Å². The number of nitrogen functional groups attached to an aromatic ring is 1. The summed E-state index contributed by atoms with van der Waals surface area (Å²) < 4.78 is 3.16. The fourth-order valence-corrected chi connectivity index (χ4v) is 1.50. The van der Waals surface area contributed by atoms with Gasteiger partial charge in [0, 0.05) is 19.3 Å². The standard InChI is InChI=1S/C9H10N6/c1-6-7(5-10)9(14(2)12-6)15-4-3-8(11)13-15/h3-4H,1-2H3,(H2,11,13). The first kappa shape index (κ1) is 9.27. The smallest absolute Gasteiger partial charge is 0.170 e. The van der Waals surface area contributed by atoms with Crippen molar-refractivity contribution in [3.63, 3.8) is 0 Å². The van der Waals surface area contributed by atoms with Crippen molar-refractivity contribution in [1.82, 2.24) is 19.6 Å². The molecule has 15 heavy (non-hydrogen) atoms. The van der Waals surface area contributed by atoms with Crippen molar-refractivity contribution in [3.05, 3.63) is 23.5 Å². The SMILES string of the molecule is Cc1nn(C)c(-n2ccc(N)n2)c1C#N. The van der Waals surface area contributed by atoms with Crippen LogP contribution in [0, 0.1) is 18.3 Å². The van der Waals surface area contributed by atoms with Gasteiger partial charge in [-0.25, -0.2) is 9.36 Å². The molecule has 0 atom stereocenters. The zero-order valence-corrected chi connectivity index (χ0v) is 8.47. The Morgan fingerprint density at radius 1 is 1.47 bits per heavy atom. The molecule has 0 bridgehead atoms. The number of anilines is 1. The molecule has 2 aromatic heterocycles. The maximum absolute atomic E-state index is 9.01. The first-order chi connectivity index (χ1) is 7.13. The molecular formula is C9H10N6. The summed E-state index contributed by atoms with van der Waals surface area (Å²) in [6.07, 6.45) is 1.70. The molecule has 0 aliphatic heterocycles. The number of nitrogens with zero attached hydrogens (tertiary/aromatic N) is 5. The number of hydrogen-bond acceptors (Lipinski definition) is 4. The summed E-state index contributed by atoms with van der Waals surface area (Å²) in [5.41, 5.74) is 6.72. The van der Waals surface area contributed by atoms with E-state index >= 15 is 0 Å². The lowest BCUT2D eigenvalue weighted by Crippen LogP contribution is -2.05. The zero-order chi connectivity index (χ0) is 11.0. The molecule has 0 spiro atoms. The van der Waals surface area contributed by atoms with Crippen LogP contribution < -0.4 is 5.73 Å². The van der Waals surface area contributed by atoms with E-state index in [1.807, 2.05) is 0 Å². The molecule has 0 unspecified atom stereocenters. The van der Waals surface area contributed by atoms with Gasteiger partial charge in [0.25, 0.3) is 0 Å². The van der Waals surface area contributed by atoms with Gasteiger partial charge in [0.2, 0.25) is 0 Å². The van der Waals surface area contributed by atoms with E-state index in [4.69, 9.17) is 11.0 Å². The van der Waals surface area contributed by atoms with E-state index in [1.165, 1.54) is 0 Å². The predicted molar refractivity (Wildman–Crippen MR) is 54.2 cm³/mol. The largest absolute Gasteiger partial charge is 0.382 e. The minimum atomic E-state index is 0.415. The second kappa shape index (κ2) is 3.13. The summed E-state index contributed by atoms with van der Waals surface area (Å²) in [5.74, 6) is 1.05. The molecule has 0 fully saturated rings. The van der Waals surface area contributed by atoms with Gasteiger partial charge in [0.1, 0.15) is 17.5 Å². The molecule has 2 N–H and O–H groups in total. The number of nitrogens with two attached hydrogens (primary N) is 1. The summed E-state index contributed by atoms with van der Waals surface area (Å²) in [5, 5.41) is 17.2. The normalized spacial score (nSPS) is 10.2. The number of nitriles is 1. The van der Waals surface area contributed by atoms with E-state index in [-0.39, 0.29) is 0 Å². The van der Waals surface area contributed by atoms with E-state index in [0.717, 1.165) is 0 Å². The number of aromatic nitrogens is 4. The first-order valence-corrected chi connectivity index (χ1v) is 4.38. The first-order valence-electron chi connectivity index (χ1n) is 4.38. The third-order valence-corrected chi connectivity index (χ3v) is 2.13. The van der Waals surface area contributed by atoms with Crippen molar-refractivity contribution < 1.29 is 0 Å². The van der Waals surface area contributed by atoms with E-state index in [1.54, 1.807) is 35.6 Å². The Kier molecular flexibility index (Phi) is 1.94. The predicted octanol–water partition coefficient (Wildman–Crippen LogP) is 0.368. The highest BCUT2D eigenvalue weighted by molar-refractivity contribution is 5.47. The van der Waals surface area contributed by atoms with E-state index in [2.05, 4.69) is 16.3 Å². The van der Waals surface area contributed by atoms with Gasteiger partial charge in [-0.05, 0) is 6.92 Å². The van der Waals surface area contributed by atoms with Crippen molar-refractivity contribution in [3.8, 4) is 11.9 Å². The van der Waals surface area contributed by atoms with Gasteiger partial charge in [-0.15, -0.1) is 5.10 Å². The van der Waals surface area contributed by atoms with Crippen LogP contribution in [0.1, 0.15) is 11.3 Å². The zero-order valence-electron chi connectivity index (χ0n) is 8.47. The average molecular weight is 202 g/mol. The maximum atomic E-state index is 9.01. The van der Waals surface area contributed by atoms with Crippen molar-refractivity contribution in [2.24, 2.45) is 7.05 Å². The molecule has 76 valence electrons. The fraction of sp³-hybridized carbons (Fsp3) is 0.222. The third-order valence-electron chi connectivity index (χ3n) is 2.13. The number of hydrogen-bond donors (Lipinski definition) is 1. The van der Waals surface area contributed by atoms with E-state index < -0.39 is 0 Å². The molecule has 0 radical (unpaired) electrons. The Bertz CT molecular complexity index is 541. The van der Waals surface area contributed by atoms with Crippen molar-refractivity contribution in [2.45, 2.75) is 6.92 Å².